The van der Waals surface area contributed by atoms with Crippen molar-refractivity contribution < 1.29 is 37.3 Å². The highest BCUT2D eigenvalue weighted by molar-refractivity contribution is 7.45. The highest BCUT2D eigenvalue weighted by Crippen LogP contribution is 2.38. The minimum atomic E-state index is -4.71. The van der Waals surface area contributed by atoms with Gasteiger partial charge >= 0.3 is 5.97 Å². The average Bonchev–Trinajstić information content (AvgIpc) is 2.31. The minimum absolute atomic E-state index is 0.0172. The highest BCUT2D eigenvalue weighted by Gasteiger charge is 2.27. The molecule has 0 aliphatic rings. The van der Waals surface area contributed by atoms with E-state index in [-0.39, 0.29) is 31.5 Å². The Bertz CT molecular complexity index is 1630. The van der Waals surface area contributed by atoms with Crippen molar-refractivity contribution in [2.75, 3.05) is 40.9 Å². The Morgan fingerprint density at radius 3 is 0.914 bits per heavy atom. The molecule has 0 spiro atoms. The van der Waals surface area contributed by atoms with Gasteiger partial charge in [0, 0.05) is 12.8 Å². The van der Waals surface area contributed by atoms with Gasteiger partial charge in [0.25, 0.3) is 7.82 Å². The summed E-state index contributed by atoms with van der Waals surface area (Å²) in [5.74, 6) is -0.510. The number of phosphoric ester groups is 1. The molecule has 93 heavy (non-hydrogen) atoms. The van der Waals surface area contributed by atoms with Gasteiger partial charge in [0.1, 0.15) is 19.3 Å². The van der Waals surface area contributed by atoms with Gasteiger partial charge in [-0.3, -0.25) is 14.2 Å². The standard InChI is InChI=1S/C83H163N2O7P/c1-7-10-13-16-19-22-25-28-30-32-34-36-38-40-42-44-46-48-50-52-54-57-60-63-66-69-72-75-82(86)84-80(79-91-93(88,89)90-78-77-85(4,5)6)81(74-71-68-65-62-59-56-27-24-21-18-15-12-9-3)92-83(87)76-73-70-67-64-61-58-55-53-51-49-47-45-43-41-39-37-35-33-31-29-26-23-20-17-14-11-8-2/h28,30,71,74,80-81H,7-27,29,31-70,72-73,75-79H2,1-6H3,(H-,84,86,88,89)/b30-28+,74-71+. The number of ether oxygens (including phenoxy) is 1. The Labute approximate surface area is 581 Å². The number of hydrogen-bond acceptors (Lipinski definition) is 7. The molecule has 9 nitrogen and oxygen atoms in total. The van der Waals surface area contributed by atoms with E-state index in [9.17, 15) is 19.0 Å². The van der Waals surface area contributed by atoms with Gasteiger partial charge in [-0.25, -0.2) is 0 Å². The molecule has 1 N–H and O–H groups in total. The fraction of sp³-hybridized carbons (Fsp3) is 0.928. The summed E-state index contributed by atoms with van der Waals surface area (Å²) < 4.78 is 30.6. The minimum Gasteiger partial charge on any atom is -0.756 e. The first-order valence-corrected chi connectivity index (χ1v) is 43.1. The number of rotatable bonds is 78. The van der Waals surface area contributed by atoms with Crippen molar-refractivity contribution in [3.8, 4) is 0 Å². The number of carbonyl (C=O) groups is 2. The summed E-state index contributed by atoms with van der Waals surface area (Å²) in [6.45, 7) is 6.94. The maximum absolute atomic E-state index is 13.7. The van der Waals surface area contributed by atoms with E-state index in [1.807, 2.05) is 33.3 Å². The van der Waals surface area contributed by atoms with E-state index in [1.165, 1.54) is 353 Å². The number of carbonyl (C=O) groups excluding carboxylic acids is 2. The third-order valence-corrected chi connectivity index (χ3v) is 20.3. The van der Waals surface area contributed by atoms with Crippen molar-refractivity contribution in [1.29, 1.82) is 0 Å². The van der Waals surface area contributed by atoms with Gasteiger partial charge in [-0.15, -0.1) is 0 Å². The molecular weight excluding hydrogens is 1170 g/mol. The second-order valence-corrected chi connectivity index (χ2v) is 31.4. The van der Waals surface area contributed by atoms with Crippen LogP contribution in [0.2, 0.25) is 0 Å². The molecule has 10 heteroatoms. The molecule has 0 aliphatic heterocycles. The van der Waals surface area contributed by atoms with Crippen LogP contribution < -0.4 is 10.2 Å². The van der Waals surface area contributed by atoms with Crippen molar-refractivity contribution in [2.45, 2.75) is 457 Å². The summed E-state index contributed by atoms with van der Waals surface area (Å²) in [6.07, 6.45) is 92.0. The van der Waals surface area contributed by atoms with Crippen LogP contribution in [-0.2, 0) is 27.9 Å². The SMILES string of the molecule is CCCCCCCC/C=C/CCCCCCCCCCCCCCCCCCCC(=O)NC(COP(=O)([O-])OCC[N+](C)(C)C)C(/C=C/CCCCCCCCCCCCC)OC(=O)CCCCCCCCCCCCCCCCCCCCCCCCCCCCC. The summed E-state index contributed by atoms with van der Waals surface area (Å²) in [7, 11) is 1.21. The van der Waals surface area contributed by atoms with E-state index in [4.69, 9.17) is 13.8 Å². The summed E-state index contributed by atoms with van der Waals surface area (Å²) in [4.78, 5) is 40.4. The summed E-state index contributed by atoms with van der Waals surface area (Å²) >= 11 is 0. The number of quaternary nitrogens is 1. The topological polar surface area (TPSA) is 114 Å². The van der Waals surface area contributed by atoms with Gasteiger partial charge in [0.05, 0.1) is 33.8 Å². The molecule has 0 saturated heterocycles. The molecule has 3 unspecified atom stereocenters. The summed E-state index contributed by atoms with van der Waals surface area (Å²) in [5.41, 5.74) is 0. The number of nitrogens with one attached hydrogen (secondary N) is 1. The Balaban J connectivity index is 4.87. The lowest BCUT2D eigenvalue weighted by molar-refractivity contribution is -0.870. The molecular formula is C83H163N2O7P. The van der Waals surface area contributed by atoms with Crippen LogP contribution in [0.15, 0.2) is 24.3 Å². The number of nitrogens with zero attached hydrogens (tertiary/aromatic N) is 1. The second kappa shape index (κ2) is 73.2. The smallest absolute Gasteiger partial charge is 0.306 e. The van der Waals surface area contributed by atoms with Crippen LogP contribution in [0.1, 0.15) is 445 Å². The zero-order valence-corrected chi connectivity index (χ0v) is 64.4. The summed E-state index contributed by atoms with van der Waals surface area (Å²) in [6, 6.07) is -0.884. The van der Waals surface area contributed by atoms with Crippen molar-refractivity contribution in [3.05, 3.63) is 24.3 Å². The molecule has 0 saturated carbocycles. The molecule has 0 bridgehead atoms. The van der Waals surface area contributed by atoms with Gasteiger partial charge in [-0.2, -0.15) is 0 Å². The Kier molecular flexibility index (Phi) is 72.0. The number of likely N-dealkylation sites (N-methyl/N-ethyl adjacent to an activating group) is 1. The zero-order valence-electron chi connectivity index (χ0n) is 63.5. The number of esters is 1. The van der Waals surface area contributed by atoms with Gasteiger partial charge in [-0.05, 0) is 57.4 Å². The second-order valence-electron chi connectivity index (χ2n) is 30.0. The maximum Gasteiger partial charge on any atom is 0.306 e. The van der Waals surface area contributed by atoms with Crippen molar-refractivity contribution in [2.24, 2.45) is 0 Å². The van der Waals surface area contributed by atoms with E-state index >= 15 is 0 Å². The highest BCUT2D eigenvalue weighted by atomic mass is 31.2. The number of amides is 1. The van der Waals surface area contributed by atoms with Crippen LogP contribution in [0.3, 0.4) is 0 Å². The molecule has 0 aromatic rings. The van der Waals surface area contributed by atoms with E-state index in [2.05, 4.69) is 38.2 Å². The molecule has 0 fully saturated rings. The first kappa shape index (κ1) is 91.5. The van der Waals surface area contributed by atoms with Crippen LogP contribution in [0.25, 0.3) is 0 Å². The lowest BCUT2D eigenvalue weighted by atomic mass is 10.0. The first-order valence-electron chi connectivity index (χ1n) is 41.6. The lowest BCUT2D eigenvalue weighted by Gasteiger charge is -2.30. The van der Waals surface area contributed by atoms with Gasteiger partial charge < -0.3 is 28.5 Å². The molecule has 1 amide bonds. The Hall–Kier alpha value is -1.51. The van der Waals surface area contributed by atoms with Crippen molar-refractivity contribution in [3.63, 3.8) is 0 Å². The molecule has 0 heterocycles. The Morgan fingerprint density at radius 2 is 0.624 bits per heavy atom. The molecule has 3 atom stereocenters. The number of phosphoric acid groups is 1. The van der Waals surface area contributed by atoms with E-state index < -0.39 is 20.0 Å². The van der Waals surface area contributed by atoms with Crippen LogP contribution in [0.4, 0.5) is 0 Å². The van der Waals surface area contributed by atoms with Crippen molar-refractivity contribution in [1.82, 2.24) is 5.32 Å². The molecule has 0 rings (SSSR count). The maximum atomic E-state index is 13.7. The summed E-state index contributed by atoms with van der Waals surface area (Å²) in [5, 5.41) is 3.07. The van der Waals surface area contributed by atoms with Gasteiger partial charge in [0.2, 0.25) is 5.91 Å². The van der Waals surface area contributed by atoms with Crippen molar-refractivity contribution >= 4 is 19.7 Å². The number of hydrogen-bond donors (Lipinski definition) is 1. The predicted molar refractivity (Wildman–Crippen MR) is 404 cm³/mol. The predicted octanol–water partition coefficient (Wildman–Crippen LogP) is 26.5. The lowest BCUT2D eigenvalue weighted by Crippen LogP contribution is -2.47. The molecule has 552 valence electrons. The molecule has 0 aromatic carbocycles. The van der Waals surface area contributed by atoms with E-state index in [1.54, 1.807) is 0 Å². The molecule has 0 aliphatic carbocycles. The van der Waals surface area contributed by atoms with Crippen LogP contribution >= 0.6 is 7.82 Å². The molecule has 0 aromatic heterocycles. The molecule has 0 radical (unpaired) electrons. The van der Waals surface area contributed by atoms with Crippen LogP contribution in [-0.4, -0.2) is 69.4 Å². The van der Waals surface area contributed by atoms with E-state index in [0.717, 1.165) is 57.8 Å². The fourth-order valence-electron chi connectivity index (χ4n) is 13.0. The largest absolute Gasteiger partial charge is 0.756 e. The number of unbranched alkanes of at least 4 members (excludes halogenated alkanes) is 60. The van der Waals surface area contributed by atoms with Gasteiger partial charge in [0.15, 0.2) is 0 Å². The third kappa shape index (κ3) is 74.6. The normalized spacial score (nSPS) is 13.4. The fourth-order valence-corrected chi connectivity index (χ4v) is 13.7. The average molecular weight is 1330 g/mol. The van der Waals surface area contributed by atoms with Crippen LogP contribution in [0, 0.1) is 0 Å². The zero-order chi connectivity index (χ0) is 67.8. The third-order valence-electron chi connectivity index (χ3n) is 19.4. The monoisotopic (exact) mass is 1330 g/mol. The van der Waals surface area contributed by atoms with Crippen LogP contribution in [0.5, 0.6) is 0 Å². The Morgan fingerprint density at radius 1 is 0.366 bits per heavy atom. The first-order chi connectivity index (χ1) is 45.4. The quantitative estimate of drug-likeness (QED) is 0.0212. The van der Waals surface area contributed by atoms with Gasteiger partial charge in [-0.1, -0.05) is 399 Å². The van der Waals surface area contributed by atoms with E-state index in [0.29, 0.717) is 17.4 Å². The number of allylic oxidation sites excluding steroid dienone is 3.